The second-order valence-corrected chi connectivity index (χ2v) is 2.03. The lowest BCUT2D eigenvalue weighted by Crippen LogP contribution is -1.98. The molecule has 0 aromatic carbocycles. The average molecular weight is 160 g/mol. The summed E-state index contributed by atoms with van der Waals surface area (Å²) in [5.41, 5.74) is 0. The van der Waals surface area contributed by atoms with Crippen LogP contribution in [0.1, 0.15) is 46.5 Å². The topological polar surface area (TPSA) is 26.3 Å². The summed E-state index contributed by atoms with van der Waals surface area (Å²) in [6.07, 6.45) is 3.81. The zero-order valence-corrected chi connectivity index (χ0v) is 8.14. The van der Waals surface area contributed by atoms with Crippen LogP contribution in [0.3, 0.4) is 0 Å². The van der Waals surface area contributed by atoms with E-state index in [1.54, 1.807) is 0 Å². The Morgan fingerprint density at radius 2 is 1.82 bits per heavy atom. The lowest BCUT2D eigenvalue weighted by molar-refractivity contribution is -0.140. The van der Waals surface area contributed by atoms with Crippen molar-refractivity contribution >= 4 is 5.97 Å². The van der Waals surface area contributed by atoms with Crippen LogP contribution in [-0.4, -0.2) is 13.1 Å². The zero-order chi connectivity index (χ0) is 9.11. The van der Waals surface area contributed by atoms with Gasteiger partial charge in [0.25, 0.3) is 0 Å². The lowest BCUT2D eigenvalue weighted by Gasteiger charge is -1.95. The maximum Gasteiger partial charge on any atom is 0.305 e. The van der Waals surface area contributed by atoms with Gasteiger partial charge in [0.15, 0.2) is 0 Å². The van der Waals surface area contributed by atoms with E-state index in [0.717, 1.165) is 19.3 Å². The highest BCUT2D eigenvalue weighted by Crippen LogP contribution is 1.98. The Bertz CT molecular complexity index is 79.6. The van der Waals surface area contributed by atoms with Gasteiger partial charge in [-0.15, -0.1) is 0 Å². The first-order valence-electron chi connectivity index (χ1n) is 4.38. The third-order valence-corrected chi connectivity index (χ3v) is 1.21. The summed E-state index contributed by atoms with van der Waals surface area (Å²) >= 11 is 0. The molecule has 0 bridgehead atoms. The van der Waals surface area contributed by atoms with Gasteiger partial charge in [-0.1, -0.05) is 33.6 Å². The van der Waals surface area contributed by atoms with Crippen molar-refractivity contribution in [3.05, 3.63) is 0 Å². The van der Waals surface area contributed by atoms with Crippen molar-refractivity contribution in [2.45, 2.75) is 46.5 Å². The van der Waals surface area contributed by atoms with E-state index in [9.17, 15) is 4.79 Å². The van der Waals surface area contributed by atoms with E-state index >= 15 is 0 Å². The predicted octanol–water partition coefficient (Wildman–Crippen LogP) is 2.77. The maximum atomic E-state index is 10.5. The van der Waals surface area contributed by atoms with Crippen LogP contribution in [0.25, 0.3) is 0 Å². The Balaban J connectivity index is 0. The molecule has 0 atom stereocenters. The van der Waals surface area contributed by atoms with Gasteiger partial charge in [0, 0.05) is 6.42 Å². The van der Waals surface area contributed by atoms with Crippen LogP contribution in [0.4, 0.5) is 0 Å². The number of carbonyl (C=O) groups excluding carboxylic acids is 1. The summed E-state index contributed by atoms with van der Waals surface area (Å²) in [5.74, 6) is -0.0940. The van der Waals surface area contributed by atoms with E-state index in [2.05, 4.69) is 11.7 Å². The number of carbonyl (C=O) groups is 1. The Morgan fingerprint density at radius 1 is 1.27 bits per heavy atom. The number of ether oxygens (including phenoxy) is 1. The van der Waals surface area contributed by atoms with Crippen LogP contribution >= 0.6 is 0 Å². The molecular formula is C9H20O2. The number of unbranched alkanes of at least 4 members (excludes halogenated alkanes) is 2. The Hall–Kier alpha value is -0.530. The van der Waals surface area contributed by atoms with Crippen molar-refractivity contribution < 1.29 is 9.53 Å². The molecule has 0 saturated heterocycles. The summed E-state index contributed by atoms with van der Waals surface area (Å²) in [6.45, 7) is 6.11. The molecule has 0 aliphatic carbocycles. The lowest BCUT2D eigenvalue weighted by atomic mass is 10.2. The van der Waals surface area contributed by atoms with Crippen LogP contribution in [-0.2, 0) is 9.53 Å². The van der Waals surface area contributed by atoms with Crippen molar-refractivity contribution in [1.29, 1.82) is 0 Å². The normalized spacial score (nSPS) is 8.00. The SMILES string of the molecule is CC.CCCCCC(=O)OC. The average Bonchev–Trinajstić information content (AvgIpc) is 2.08. The van der Waals surface area contributed by atoms with Gasteiger partial charge in [0.05, 0.1) is 7.11 Å². The van der Waals surface area contributed by atoms with Gasteiger partial charge in [-0.05, 0) is 6.42 Å². The van der Waals surface area contributed by atoms with Crippen LogP contribution in [0.15, 0.2) is 0 Å². The molecule has 11 heavy (non-hydrogen) atoms. The Labute approximate surface area is 69.9 Å². The standard InChI is InChI=1S/C7H14O2.C2H6/c1-3-4-5-6-7(8)9-2;1-2/h3-6H2,1-2H3;1-2H3. The summed E-state index contributed by atoms with van der Waals surface area (Å²) in [5, 5.41) is 0. The molecule has 0 amide bonds. The molecule has 0 aromatic rings. The molecule has 0 unspecified atom stereocenters. The van der Waals surface area contributed by atoms with Crippen molar-refractivity contribution in [3.8, 4) is 0 Å². The molecule has 0 saturated carbocycles. The fraction of sp³-hybridized carbons (Fsp3) is 0.889. The largest absolute Gasteiger partial charge is 0.469 e. The first-order valence-corrected chi connectivity index (χ1v) is 4.38. The summed E-state index contributed by atoms with van der Waals surface area (Å²) < 4.78 is 4.46. The fourth-order valence-electron chi connectivity index (χ4n) is 0.621. The first-order chi connectivity index (χ1) is 5.31. The maximum absolute atomic E-state index is 10.5. The zero-order valence-electron chi connectivity index (χ0n) is 8.14. The second kappa shape index (κ2) is 12.2. The monoisotopic (exact) mass is 160 g/mol. The van der Waals surface area contributed by atoms with Crippen molar-refractivity contribution in [3.63, 3.8) is 0 Å². The molecule has 0 heterocycles. The van der Waals surface area contributed by atoms with Gasteiger partial charge in [-0.25, -0.2) is 0 Å². The molecule has 2 nitrogen and oxygen atoms in total. The molecule has 2 heteroatoms. The van der Waals surface area contributed by atoms with Crippen molar-refractivity contribution in [2.75, 3.05) is 7.11 Å². The van der Waals surface area contributed by atoms with Gasteiger partial charge in [0.2, 0.25) is 0 Å². The van der Waals surface area contributed by atoms with Gasteiger partial charge >= 0.3 is 5.97 Å². The highest BCUT2D eigenvalue weighted by molar-refractivity contribution is 5.68. The summed E-state index contributed by atoms with van der Waals surface area (Å²) in [4.78, 5) is 10.5. The Morgan fingerprint density at radius 3 is 2.18 bits per heavy atom. The van der Waals surface area contributed by atoms with Crippen LogP contribution < -0.4 is 0 Å². The van der Waals surface area contributed by atoms with Crippen LogP contribution in [0.2, 0.25) is 0 Å². The number of methoxy groups -OCH3 is 1. The van der Waals surface area contributed by atoms with Crippen LogP contribution in [0, 0.1) is 0 Å². The molecule has 0 aliphatic rings. The number of hydrogen-bond acceptors (Lipinski definition) is 2. The molecule has 0 aliphatic heterocycles. The quantitative estimate of drug-likeness (QED) is 0.467. The van der Waals surface area contributed by atoms with Crippen molar-refractivity contribution in [1.82, 2.24) is 0 Å². The molecule has 68 valence electrons. The van der Waals surface area contributed by atoms with Gasteiger partial charge < -0.3 is 4.74 Å². The molecule has 0 spiro atoms. The van der Waals surface area contributed by atoms with E-state index in [4.69, 9.17) is 0 Å². The third-order valence-electron chi connectivity index (χ3n) is 1.21. The minimum absolute atomic E-state index is 0.0940. The predicted molar refractivity (Wildman–Crippen MR) is 47.5 cm³/mol. The highest BCUT2D eigenvalue weighted by Gasteiger charge is 1.96. The fourth-order valence-corrected chi connectivity index (χ4v) is 0.621. The number of esters is 1. The van der Waals surface area contributed by atoms with E-state index in [0.29, 0.717) is 6.42 Å². The van der Waals surface area contributed by atoms with Gasteiger partial charge in [0.1, 0.15) is 0 Å². The summed E-state index contributed by atoms with van der Waals surface area (Å²) in [7, 11) is 1.42. The first kappa shape index (κ1) is 13.1. The molecule has 0 rings (SSSR count). The van der Waals surface area contributed by atoms with Crippen molar-refractivity contribution in [2.24, 2.45) is 0 Å². The number of rotatable bonds is 4. The molecule has 0 N–H and O–H groups in total. The van der Waals surface area contributed by atoms with E-state index < -0.39 is 0 Å². The van der Waals surface area contributed by atoms with E-state index in [1.807, 2.05) is 13.8 Å². The molecule has 0 radical (unpaired) electrons. The second-order valence-electron chi connectivity index (χ2n) is 2.03. The Kier molecular flexibility index (Phi) is 14.5. The molecule has 0 fully saturated rings. The van der Waals surface area contributed by atoms with Crippen LogP contribution in [0.5, 0.6) is 0 Å². The van der Waals surface area contributed by atoms with E-state index in [1.165, 1.54) is 7.11 Å². The summed E-state index contributed by atoms with van der Waals surface area (Å²) in [6, 6.07) is 0. The number of hydrogen-bond donors (Lipinski definition) is 0. The third kappa shape index (κ3) is 12.6. The van der Waals surface area contributed by atoms with E-state index in [-0.39, 0.29) is 5.97 Å². The van der Waals surface area contributed by atoms with Gasteiger partial charge in [-0.3, -0.25) is 4.79 Å². The smallest absolute Gasteiger partial charge is 0.305 e. The minimum Gasteiger partial charge on any atom is -0.469 e. The minimum atomic E-state index is -0.0940. The highest BCUT2D eigenvalue weighted by atomic mass is 16.5. The van der Waals surface area contributed by atoms with Gasteiger partial charge in [-0.2, -0.15) is 0 Å². The molecular weight excluding hydrogens is 140 g/mol. The molecule has 0 aromatic heterocycles.